The summed E-state index contributed by atoms with van der Waals surface area (Å²) in [5.41, 5.74) is 1.85. The summed E-state index contributed by atoms with van der Waals surface area (Å²) in [6.45, 7) is 6.75. The molecule has 3 aromatic rings. The minimum Gasteiger partial charge on any atom is -0.384 e. The van der Waals surface area contributed by atoms with Crippen LogP contribution in [-0.2, 0) is 11.2 Å². The highest BCUT2D eigenvalue weighted by Crippen LogP contribution is 2.25. The first kappa shape index (κ1) is 17.5. The molecular formula is C17H21N5O2S. The van der Waals surface area contributed by atoms with Crippen molar-refractivity contribution in [2.75, 3.05) is 19.0 Å². The van der Waals surface area contributed by atoms with Crippen LogP contribution < -0.4 is 5.32 Å². The highest BCUT2D eigenvalue weighted by molar-refractivity contribution is 7.11. The van der Waals surface area contributed by atoms with Crippen LogP contribution in [0.5, 0.6) is 0 Å². The van der Waals surface area contributed by atoms with E-state index in [4.69, 9.17) is 9.26 Å². The van der Waals surface area contributed by atoms with Gasteiger partial charge in [-0.3, -0.25) is 0 Å². The normalized spacial score (nSPS) is 12.3. The Balaban J connectivity index is 1.67. The molecule has 0 unspecified atom stereocenters. The predicted octanol–water partition coefficient (Wildman–Crippen LogP) is 3.57. The van der Waals surface area contributed by atoms with Crippen molar-refractivity contribution in [3.63, 3.8) is 0 Å². The molecular weight excluding hydrogens is 338 g/mol. The van der Waals surface area contributed by atoms with Crippen LogP contribution in [0.3, 0.4) is 0 Å². The first-order chi connectivity index (χ1) is 12.1. The lowest BCUT2D eigenvalue weighted by molar-refractivity contribution is 0.199. The summed E-state index contributed by atoms with van der Waals surface area (Å²) in [6.07, 6.45) is 2.35. The smallest absolute Gasteiger partial charge is 0.259 e. The SMILES string of the molecule is COCCc1noc(-c2ccc(N[C@H](C)c3nc(C)sc3C)nc2)n1. The van der Waals surface area contributed by atoms with Crippen molar-refractivity contribution >= 4 is 17.2 Å². The number of rotatable bonds is 7. The average Bonchev–Trinajstić information content (AvgIpc) is 3.20. The van der Waals surface area contributed by atoms with Crippen molar-refractivity contribution in [3.8, 4) is 11.5 Å². The second kappa shape index (κ2) is 7.71. The van der Waals surface area contributed by atoms with Gasteiger partial charge in [-0.1, -0.05) is 5.16 Å². The summed E-state index contributed by atoms with van der Waals surface area (Å²) < 4.78 is 10.3. The summed E-state index contributed by atoms with van der Waals surface area (Å²) in [6, 6.07) is 3.90. The molecule has 0 aromatic carbocycles. The second-order valence-corrected chi connectivity index (χ2v) is 7.14. The van der Waals surface area contributed by atoms with E-state index in [9.17, 15) is 0 Å². The molecule has 3 heterocycles. The van der Waals surface area contributed by atoms with Gasteiger partial charge in [0, 0.05) is 24.6 Å². The molecule has 0 amide bonds. The Morgan fingerprint density at radius 3 is 2.76 bits per heavy atom. The van der Waals surface area contributed by atoms with Gasteiger partial charge in [0.1, 0.15) is 5.82 Å². The Kier molecular flexibility index (Phi) is 5.40. The average molecular weight is 359 g/mol. The van der Waals surface area contributed by atoms with Gasteiger partial charge in [-0.15, -0.1) is 11.3 Å². The number of nitrogens with one attached hydrogen (secondary N) is 1. The van der Waals surface area contributed by atoms with Gasteiger partial charge >= 0.3 is 0 Å². The van der Waals surface area contributed by atoms with Crippen LogP contribution in [0.4, 0.5) is 5.82 Å². The van der Waals surface area contributed by atoms with E-state index in [-0.39, 0.29) is 6.04 Å². The van der Waals surface area contributed by atoms with E-state index in [1.807, 2.05) is 19.1 Å². The minimum atomic E-state index is 0.0901. The first-order valence-corrected chi connectivity index (χ1v) is 8.87. The van der Waals surface area contributed by atoms with Gasteiger partial charge in [0.05, 0.1) is 28.9 Å². The Hall–Kier alpha value is -2.32. The number of nitrogens with zero attached hydrogens (tertiary/aromatic N) is 4. The van der Waals surface area contributed by atoms with Crippen molar-refractivity contribution in [2.24, 2.45) is 0 Å². The number of aryl methyl sites for hydroxylation is 2. The van der Waals surface area contributed by atoms with E-state index in [2.05, 4.69) is 39.3 Å². The lowest BCUT2D eigenvalue weighted by Crippen LogP contribution is -2.09. The molecule has 8 heteroatoms. The van der Waals surface area contributed by atoms with E-state index in [1.54, 1.807) is 24.6 Å². The van der Waals surface area contributed by atoms with Gasteiger partial charge in [-0.2, -0.15) is 4.98 Å². The molecule has 3 rings (SSSR count). The number of anilines is 1. The van der Waals surface area contributed by atoms with E-state index in [0.29, 0.717) is 24.7 Å². The molecule has 1 atom stereocenters. The lowest BCUT2D eigenvalue weighted by atomic mass is 10.2. The van der Waals surface area contributed by atoms with Gasteiger partial charge in [0.15, 0.2) is 5.82 Å². The van der Waals surface area contributed by atoms with E-state index < -0.39 is 0 Å². The third-order valence-corrected chi connectivity index (χ3v) is 4.62. The fraction of sp³-hybridized carbons (Fsp3) is 0.412. The van der Waals surface area contributed by atoms with Gasteiger partial charge in [0.25, 0.3) is 5.89 Å². The second-order valence-electron chi connectivity index (χ2n) is 5.73. The lowest BCUT2D eigenvalue weighted by Gasteiger charge is -2.13. The quantitative estimate of drug-likeness (QED) is 0.690. The summed E-state index contributed by atoms with van der Waals surface area (Å²) in [7, 11) is 1.64. The van der Waals surface area contributed by atoms with E-state index in [1.165, 1.54) is 4.88 Å². The van der Waals surface area contributed by atoms with Crippen LogP contribution in [0.25, 0.3) is 11.5 Å². The Morgan fingerprint density at radius 2 is 2.12 bits per heavy atom. The Morgan fingerprint density at radius 1 is 1.28 bits per heavy atom. The summed E-state index contributed by atoms with van der Waals surface area (Å²) in [5.74, 6) is 1.87. The van der Waals surface area contributed by atoms with Gasteiger partial charge < -0.3 is 14.6 Å². The highest BCUT2D eigenvalue weighted by Gasteiger charge is 2.14. The maximum atomic E-state index is 5.27. The van der Waals surface area contributed by atoms with Crippen LogP contribution in [0.2, 0.25) is 0 Å². The molecule has 0 radical (unpaired) electrons. The molecule has 0 spiro atoms. The number of hydrogen-bond acceptors (Lipinski definition) is 8. The molecule has 0 aliphatic heterocycles. The molecule has 1 N–H and O–H groups in total. The zero-order chi connectivity index (χ0) is 17.8. The van der Waals surface area contributed by atoms with Crippen molar-refractivity contribution in [2.45, 2.75) is 33.2 Å². The number of ether oxygens (including phenoxy) is 1. The summed E-state index contributed by atoms with van der Waals surface area (Å²) in [4.78, 5) is 14.6. The molecule has 25 heavy (non-hydrogen) atoms. The number of hydrogen-bond donors (Lipinski definition) is 1. The van der Waals surface area contributed by atoms with Crippen LogP contribution in [-0.4, -0.2) is 33.8 Å². The highest BCUT2D eigenvalue weighted by atomic mass is 32.1. The number of pyridine rings is 1. The summed E-state index contributed by atoms with van der Waals surface area (Å²) in [5, 5.41) is 8.38. The van der Waals surface area contributed by atoms with Crippen LogP contribution >= 0.6 is 11.3 Å². The zero-order valence-corrected chi connectivity index (χ0v) is 15.6. The number of aromatic nitrogens is 4. The third-order valence-electron chi connectivity index (χ3n) is 3.72. The fourth-order valence-electron chi connectivity index (χ4n) is 2.51. The number of methoxy groups -OCH3 is 1. The number of thiazole rings is 1. The van der Waals surface area contributed by atoms with Crippen LogP contribution in [0, 0.1) is 13.8 Å². The molecule has 0 aliphatic carbocycles. The van der Waals surface area contributed by atoms with Gasteiger partial charge in [-0.05, 0) is 32.9 Å². The molecule has 3 aromatic heterocycles. The standard InChI is InChI=1S/C17H21N5O2S/c1-10(16-11(2)25-12(3)20-16)19-14-6-5-13(9-18-14)17-21-15(22-24-17)7-8-23-4/h5-6,9-10H,7-8H2,1-4H3,(H,18,19)/t10-/m1/s1. The molecule has 0 saturated heterocycles. The van der Waals surface area contributed by atoms with Gasteiger partial charge in [0.2, 0.25) is 0 Å². The third kappa shape index (κ3) is 4.21. The molecule has 0 aliphatic rings. The molecule has 132 valence electrons. The Labute approximate surface area is 150 Å². The topological polar surface area (TPSA) is 86.0 Å². The van der Waals surface area contributed by atoms with Gasteiger partial charge in [-0.25, -0.2) is 9.97 Å². The van der Waals surface area contributed by atoms with Crippen molar-refractivity contribution in [1.29, 1.82) is 0 Å². The summed E-state index contributed by atoms with van der Waals surface area (Å²) >= 11 is 1.71. The van der Waals surface area contributed by atoms with Crippen LogP contribution in [0.1, 0.15) is 34.4 Å². The molecule has 7 nitrogen and oxygen atoms in total. The molecule has 0 bridgehead atoms. The first-order valence-electron chi connectivity index (χ1n) is 8.05. The molecule has 0 saturated carbocycles. The monoisotopic (exact) mass is 359 g/mol. The minimum absolute atomic E-state index is 0.0901. The molecule has 0 fully saturated rings. The van der Waals surface area contributed by atoms with E-state index in [0.717, 1.165) is 22.1 Å². The maximum Gasteiger partial charge on any atom is 0.259 e. The van der Waals surface area contributed by atoms with Crippen molar-refractivity contribution < 1.29 is 9.26 Å². The zero-order valence-electron chi connectivity index (χ0n) is 14.7. The van der Waals surface area contributed by atoms with Crippen molar-refractivity contribution in [3.05, 3.63) is 39.7 Å². The maximum absolute atomic E-state index is 5.27. The van der Waals surface area contributed by atoms with Crippen LogP contribution in [0.15, 0.2) is 22.9 Å². The van der Waals surface area contributed by atoms with E-state index >= 15 is 0 Å². The van der Waals surface area contributed by atoms with Crippen molar-refractivity contribution in [1.82, 2.24) is 20.1 Å². The Bertz CT molecular complexity index is 828. The predicted molar refractivity (Wildman–Crippen MR) is 96.7 cm³/mol. The largest absolute Gasteiger partial charge is 0.384 e. The fourth-order valence-corrected chi connectivity index (χ4v) is 3.42.